The molecule has 2 aromatic heterocycles. The maximum Gasteiger partial charge on any atom is 0.349 e. The van der Waals surface area contributed by atoms with Crippen LogP contribution in [0.1, 0.15) is 16.1 Å². The monoisotopic (exact) mass is 349 g/mol. The minimum Gasteiger partial charge on any atom is -0.422 e. The van der Waals surface area contributed by atoms with Crippen LogP contribution in [0.4, 0.5) is 0 Å². The molecule has 1 amide bonds. The van der Waals surface area contributed by atoms with E-state index in [4.69, 9.17) is 4.42 Å². The van der Waals surface area contributed by atoms with Crippen molar-refractivity contribution in [1.82, 2.24) is 14.8 Å². The van der Waals surface area contributed by atoms with Gasteiger partial charge in [0.25, 0.3) is 5.91 Å². The molecule has 6 heteroatoms. The summed E-state index contributed by atoms with van der Waals surface area (Å²) < 4.78 is 5.28. The lowest BCUT2D eigenvalue weighted by molar-refractivity contribution is 0.0623. The zero-order valence-electron chi connectivity index (χ0n) is 14.3. The predicted molar refractivity (Wildman–Crippen MR) is 97.9 cm³/mol. The number of benzene rings is 1. The van der Waals surface area contributed by atoms with Crippen molar-refractivity contribution >= 4 is 16.9 Å². The number of carbonyl (C=O) groups is 1. The molecule has 0 aliphatic carbocycles. The van der Waals surface area contributed by atoms with Crippen LogP contribution in [0.25, 0.3) is 11.0 Å². The van der Waals surface area contributed by atoms with Gasteiger partial charge in [0.15, 0.2) is 0 Å². The van der Waals surface area contributed by atoms with E-state index in [1.807, 2.05) is 30.3 Å². The minimum absolute atomic E-state index is 0.0990. The van der Waals surface area contributed by atoms with E-state index in [2.05, 4.69) is 9.88 Å². The summed E-state index contributed by atoms with van der Waals surface area (Å²) in [5.74, 6) is -0.262. The largest absolute Gasteiger partial charge is 0.422 e. The van der Waals surface area contributed by atoms with E-state index < -0.39 is 5.63 Å². The molecule has 3 aromatic rings. The summed E-state index contributed by atoms with van der Waals surface area (Å²) in [6, 6.07) is 14.7. The number of carbonyl (C=O) groups excluding carboxylic acids is 1. The molecule has 1 fully saturated rings. The molecule has 132 valence electrons. The number of rotatable bonds is 3. The Morgan fingerprint density at radius 1 is 1.04 bits per heavy atom. The van der Waals surface area contributed by atoms with Crippen LogP contribution >= 0.6 is 0 Å². The fraction of sp³-hybridized carbons (Fsp3) is 0.250. The standard InChI is InChI=1S/C20H19N3O3/c24-19(17-13-15-5-1-2-7-18(15)26-20(17)25)23-11-9-22(10-12-23)14-16-6-3-4-8-21-16/h1-8,13H,9-12,14H2. The van der Waals surface area contributed by atoms with Gasteiger partial charge in [-0.3, -0.25) is 14.7 Å². The second kappa shape index (κ2) is 7.09. The third-order valence-electron chi connectivity index (χ3n) is 4.64. The van der Waals surface area contributed by atoms with Gasteiger partial charge in [-0.05, 0) is 24.3 Å². The van der Waals surface area contributed by atoms with Crippen molar-refractivity contribution < 1.29 is 9.21 Å². The van der Waals surface area contributed by atoms with Crippen LogP contribution in [-0.2, 0) is 6.54 Å². The van der Waals surface area contributed by atoms with Gasteiger partial charge in [-0.1, -0.05) is 24.3 Å². The van der Waals surface area contributed by atoms with Crippen LogP contribution in [0.15, 0.2) is 63.9 Å². The molecular formula is C20H19N3O3. The van der Waals surface area contributed by atoms with Crippen LogP contribution in [0.2, 0.25) is 0 Å². The highest BCUT2D eigenvalue weighted by Crippen LogP contribution is 2.15. The lowest BCUT2D eigenvalue weighted by Gasteiger charge is -2.34. The number of hydrogen-bond acceptors (Lipinski definition) is 5. The number of hydrogen-bond donors (Lipinski definition) is 0. The van der Waals surface area contributed by atoms with Crippen LogP contribution in [0.5, 0.6) is 0 Å². The molecule has 1 aliphatic rings. The number of para-hydroxylation sites is 1. The number of aromatic nitrogens is 1. The van der Waals surface area contributed by atoms with Crippen LogP contribution < -0.4 is 5.63 Å². The molecule has 0 unspecified atom stereocenters. The van der Waals surface area contributed by atoms with Gasteiger partial charge >= 0.3 is 5.63 Å². The Hall–Kier alpha value is -2.99. The average Bonchev–Trinajstić information content (AvgIpc) is 2.68. The summed E-state index contributed by atoms with van der Waals surface area (Å²) in [6.45, 7) is 3.43. The van der Waals surface area contributed by atoms with Gasteiger partial charge in [-0.15, -0.1) is 0 Å². The van der Waals surface area contributed by atoms with Crippen molar-refractivity contribution in [2.75, 3.05) is 26.2 Å². The number of fused-ring (bicyclic) bond motifs is 1. The number of nitrogens with zero attached hydrogens (tertiary/aromatic N) is 3. The summed E-state index contributed by atoms with van der Waals surface area (Å²) >= 11 is 0. The molecule has 26 heavy (non-hydrogen) atoms. The summed E-state index contributed by atoms with van der Waals surface area (Å²) in [6.07, 6.45) is 1.79. The third-order valence-corrected chi connectivity index (χ3v) is 4.64. The highest BCUT2D eigenvalue weighted by Gasteiger charge is 2.25. The molecule has 0 radical (unpaired) electrons. The lowest BCUT2D eigenvalue weighted by atomic mass is 10.1. The van der Waals surface area contributed by atoms with Gasteiger partial charge in [0.05, 0.1) is 5.69 Å². The van der Waals surface area contributed by atoms with E-state index in [0.717, 1.165) is 30.7 Å². The van der Waals surface area contributed by atoms with Crippen LogP contribution in [-0.4, -0.2) is 46.9 Å². The molecule has 0 spiro atoms. The van der Waals surface area contributed by atoms with Crippen LogP contribution in [0.3, 0.4) is 0 Å². The van der Waals surface area contributed by atoms with E-state index in [1.165, 1.54) is 0 Å². The first-order chi connectivity index (χ1) is 12.7. The molecule has 6 nitrogen and oxygen atoms in total. The Morgan fingerprint density at radius 2 is 1.81 bits per heavy atom. The Labute approximate surface area is 150 Å². The number of pyridine rings is 1. The molecule has 1 aromatic carbocycles. The van der Waals surface area contributed by atoms with Gasteiger partial charge in [0.2, 0.25) is 0 Å². The second-order valence-corrected chi connectivity index (χ2v) is 6.37. The van der Waals surface area contributed by atoms with E-state index in [-0.39, 0.29) is 11.5 Å². The van der Waals surface area contributed by atoms with Gasteiger partial charge < -0.3 is 9.32 Å². The van der Waals surface area contributed by atoms with Gasteiger partial charge in [-0.2, -0.15) is 0 Å². The molecule has 0 N–H and O–H groups in total. The summed E-state index contributed by atoms with van der Waals surface area (Å²) in [4.78, 5) is 33.3. The molecule has 0 saturated carbocycles. The number of amides is 1. The maximum absolute atomic E-state index is 12.8. The Morgan fingerprint density at radius 3 is 2.58 bits per heavy atom. The quantitative estimate of drug-likeness (QED) is 0.678. The maximum atomic E-state index is 12.8. The van der Waals surface area contributed by atoms with Crippen molar-refractivity contribution in [3.8, 4) is 0 Å². The Kier molecular flexibility index (Phi) is 4.50. The zero-order chi connectivity index (χ0) is 17.9. The minimum atomic E-state index is -0.579. The fourth-order valence-electron chi connectivity index (χ4n) is 3.21. The predicted octanol–water partition coefficient (Wildman–Crippen LogP) is 2.15. The average molecular weight is 349 g/mol. The highest BCUT2D eigenvalue weighted by molar-refractivity contribution is 5.96. The van der Waals surface area contributed by atoms with E-state index in [9.17, 15) is 9.59 Å². The van der Waals surface area contributed by atoms with E-state index >= 15 is 0 Å². The summed E-state index contributed by atoms with van der Waals surface area (Å²) in [7, 11) is 0. The van der Waals surface area contributed by atoms with Crippen molar-refractivity contribution in [2.24, 2.45) is 0 Å². The SMILES string of the molecule is O=C(c1cc2ccccc2oc1=O)N1CCN(Cc2ccccn2)CC1. The first-order valence-corrected chi connectivity index (χ1v) is 8.65. The Bertz CT molecular complexity index is 976. The normalized spacial score (nSPS) is 15.3. The second-order valence-electron chi connectivity index (χ2n) is 6.37. The summed E-state index contributed by atoms with van der Waals surface area (Å²) in [5, 5.41) is 0.754. The van der Waals surface area contributed by atoms with Gasteiger partial charge in [-0.25, -0.2) is 4.79 Å². The van der Waals surface area contributed by atoms with Crippen LogP contribution in [0, 0.1) is 0 Å². The molecule has 3 heterocycles. The zero-order valence-corrected chi connectivity index (χ0v) is 14.3. The van der Waals surface area contributed by atoms with E-state index in [1.54, 1.807) is 29.3 Å². The fourth-order valence-corrected chi connectivity index (χ4v) is 3.21. The summed E-state index contributed by atoms with van der Waals surface area (Å²) in [5.41, 5.74) is 1.03. The molecule has 0 atom stereocenters. The van der Waals surface area contributed by atoms with Crippen molar-refractivity contribution in [1.29, 1.82) is 0 Å². The molecule has 4 rings (SSSR count). The first kappa shape index (κ1) is 16.5. The first-order valence-electron chi connectivity index (χ1n) is 8.65. The number of piperazine rings is 1. The smallest absolute Gasteiger partial charge is 0.349 e. The van der Waals surface area contributed by atoms with Gasteiger partial charge in [0.1, 0.15) is 11.1 Å². The molecule has 0 bridgehead atoms. The Balaban J connectivity index is 1.45. The van der Waals surface area contributed by atoms with E-state index in [0.29, 0.717) is 18.7 Å². The van der Waals surface area contributed by atoms with Crippen molar-refractivity contribution in [3.05, 3.63) is 76.4 Å². The third kappa shape index (κ3) is 3.36. The highest BCUT2D eigenvalue weighted by atomic mass is 16.4. The molecule has 1 aliphatic heterocycles. The molecule has 1 saturated heterocycles. The van der Waals surface area contributed by atoms with Crippen molar-refractivity contribution in [3.63, 3.8) is 0 Å². The van der Waals surface area contributed by atoms with Crippen molar-refractivity contribution in [2.45, 2.75) is 6.54 Å². The van der Waals surface area contributed by atoms with Gasteiger partial charge in [0, 0.05) is 44.3 Å². The lowest BCUT2D eigenvalue weighted by Crippen LogP contribution is -2.49. The molecular weight excluding hydrogens is 330 g/mol. The topological polar surface area (TPSA) is 66.7 Å².